The molecule has 1 aromatic rings. The van der Waals surface area contributed by atoms with Gasteiger partial charge in [-0.05, 0) is 49.7 Å². The van der Waals surface area contributed by atoms with Gasteiger partial charge in [0.05, 0.1) is 5.56 Å². The van der Waals surface area contributed by atoms with E-state index in [0.29, 0.717) is 50.3 Å². The SMILES string of the molecule is Nc1ccc(C(=O)N2CCC3(CC2)C[C@H](C(=O)O)N(C(=O)C2CC2)C3)cn1. The lowest BCUT2D eigenvalue weighted by atomic mass is 9.76. The molecular formula is C19H24N4O4. The minimum absolute atomic E-state index is 0.00858. The van der Waals surface area contributed by atoms with Crippen LogP contribution in [0.1, 0.15) is 42.5 Å². The number of likely N-dealkylation sites (tertiary alicyclic amines) is 2. The predicted octanol–water partition coefficient (Wildman–Crippen LogP) is 0.982. The number of aromatic nitrogens is 1. The van der Waals surface area contributed by atoms with Crippen molar-refractivity contribution >= 4 is 23.6 Å². The molecule has 8 heteroatoms. The topological polar surface area (TPSA) is 117 Å². The average Bonchev–Trinajstić information content (AvgIpc) is 3.44. The number of nitrogen functional groups attached to an aromatic ring is 1. The van der Waals surface area contributed by atoms with Gasteiger partial charge >= 0.3 is 5.97 Å². The van der Waals surface area contributed by atoms with Crippen LogP contribution >= 0.6 is 0 Å². The third-order valence-electron chi connectivity index (χ3n) is 6.15. The Morgan fingerprint density at radius 1 is 1.19 bits per heavy atom. The largest absolute Gasteiger partial charge is 0.480 e. The van der Waals surface area contributed by atoms with Crippen LogP contribution in [0.2, 0.25) is 0 Å². The number of nitrogens with zero attached hydrogens (tertiary/aromatic N) is 3. The average molecular weight is 372 g/mol. The fourth-order valence-corrected chi connectivity index (χ4v) is 4.33. The summed E-state index contributed by atoms with van der Waals surface area (Å²) in [4.78, 5) is 44.2. The first-order valence-corrected chi connectivity index (χ1v) is 9.43. The number of carboxylic acid groups (broad SMARTS) is 1. The number of anilines is 1. The van der Waals surface area contributed by atoms with E-state index in [9.17, 15) is 19.5 Å². The molecule has 1 spiro atoms. The van der Waals surface area contributed by atoms with E-state index in [2.05, 4.69) is 4.98 Å². The van der Waals surface area contributed by atoms with E-state index in [1.165, 1.54) is 6.20 Å². The molecule has 2 aliphatic heterocycles. The third kappa shape index (κ3) is 3.36. The molecule has 3 N–H and O–H groups in total. The second kappa shape index (κ2) is 6.51. The van der Waals surface area contributed by atoms with E-state index in [1.54, 1.807) is 21.9 Å². The monoisotopic (exact) mass is 372 g/mol. The molecule has 8 nitrogen and oxygen atoms in total. The normalized spacial score (nSPS) is 24.2. The van der Waals surface area contributed by atoms with E-state index in [4.69, 9.17) is 5.73 Å². The van der Waals surface area contributed by atoms with E-state index < -0.39 is 12.0 Å². The molecule has 3 aliphatic rings. The van der Waals surface area contributed by atoms with Crippen molar-refractivity contribution in [1.29, 1.82) is 0 Å². The highest BCUT2D eigenvalue weighted by atomic mass is 16.4. The number of amides is 2. The second-order valence-electron chi connectivity index (χ2n) is 8.06. The van der Waals surface area contributed by atoms with Crippen LogP contribution < -0.4 is 5.73 Å². The number of rotatable bonds is 3. The number of carboxylic acids is 1. The number of hydrogen-bond donors (Lipinski definition) is 2. The lowest BCUT2D eigenvalue weighted by Crippen LogP contribution is -2.45. The van der Waals surface area contributed by atoms with Crippen LogP contribution in [0.3, 0.4) is 0 Å². The minimum atomic E-state index is -0.924. The number of aliphatic carboxylic acids is 1. The molecule has 144 valence electrons. The van der Waals surface area contributed by atoms with Crippen molar-refractivity contribution in [3.63, 3.8) is 0 Å². The van der Waals surface area contributed by atoms with Crippen LogP contribution in [0.15, 0.2) is 18.3 Å². The van der Waals surface area contributed by atoms with Crippen molar-refractivity contribution in [2.45, 2.75) is 38.1 Å². The third-order valence-corrected chi connectivity index (χ3v) is 6.15. The zero-order valence-electron chi connectivity index (χ0n) is 15.1. The van der Waals surface area contributed by atoms with Crippen LogP contribution in [0.4, 0.5) is 5.82 Å². The molecule has 3 heterocycles. The van der Waals surface area contributed by atoms with E-state index in [1.807, 2.05) is 0 Å². The highest BCUT2D eigenvalue weighted by Gasteiger charge is 2.52. The molecule has 4 rings (SSSR count). The number of carbonyl (C=O) groups excluding carboxylic acids is 2. The number of hydrogen-bond acceptors (Lipinski definition) is 5. The number of nitrogens with two attached hydrogens (primary N) is 1. The predicted molar refractivity (Wildman–Crippen MR) is 96.7 cm³/mol. The molecule has 1 atom stereocenters. The summed E-state index contributed by atoms with van der Waals surface area (Å²) in [5.41, 5.74) is 5.86. The van der Waals surface area contributed by atoms with Gasteiger partial charge < -0.3 is 20.6 Å². The van der Waals surface area contributed by atoms with Crippen molar-refractivity contribution < 1.29 is 19.5 Å². The Labute approximate surface area is 157 Å². The van der Waals surface area contributed by atoms with Gasteiger partial charge in [-0.2, -0.15) is 0 Å². The van der Waals surface area contributed by atoms with Crippen LogP contribution in [0.5, 0.6) is 0 Å². The summed E-state index contributed by atoms with van der Waals surface area (Å²) >= 11 is 0. The van der Waals surface area contributed by atoms with Gasteiger partial charge in [0.15, 0.2) is 0 Å². The van der Waals surface area contributed by atoms with Crippen molar-refractivity contribution in [1.82, 2.24) is 14.8 Å². The first-order valence-electron chi connectivity index (χ1n) is 9.43. The van der Waals surface area contributed by atoms with Crippen LogP contribution in [-0.2, 0) is 9.59 Å². The van der Waals surface area contributed by atoms with Gasteiger partial charge in [-0.3, -0.25) is 9.59 Å². The summed E-state index contributed by atoms with van der Waals surface area (Å²) in [6.07, 6.45) is 5.11. The second-order valence-corrected chi connectivity index (χ2v) is 8.06. The fourth-order valence-electron chi connectivity index (χ4n) is 4.33. The highest BCUT2D eigenvalue weighted by Crippen LogP contribution is 2.45. The quantitative estimate of drug-likeness (QED) is 0.817. The zero-order chi connectivity index (χ0) is 19.2. The molecule has 1 aromatic heterocycles. The van der Waals surface area contributed by atoms with Gasteiger partial charge in [0.1, 0.15) is 11.9 Å². The van der Waals surface area contributed by atoms with Crippen molar-refractivity contribution in [3.05, 3.63) is 23.9 Å². The molecule has 0 radical (unpaired) electrons. The lowest BCUT2D eigenvalue weighted by Gasteiger charge is -2.39. The van der Waals surface area contributed by atoms with E-state index in [0.717, 1.165) is 12.8 Å². The van der Waals surface area contributed by atoms with Gasteiger partial charge in [-0.25, -0.2) is 9.78 Å². The Morgan fingerprint density at radius 3 is 2.44 bits per heavy atom. The van der Waals surface area contributed by atoms with Crippen molar-refractivity contribution in [3.8, 4) is 0 Å². The van der Waals surface area contributed by atoms with E-state index in [-0.39, 0.29) is 23.1 Å². The zero-order valence-corrected chi connectivity index (χ0v) is 15.1. The first kappa shape index (κ1) is 17.8. The Balaban J connectivity index is 1.43. The summed E-state index contributed by atoms with van der Waals surface area (Å²) in [6.45, 7) is 1.60. The summed E-state index contributed by atoms with van der Waals surface area (Å²) < 4.78 is 0. The van der Waals surface area contributed by atoms with Gasteiger partial charge in [-0.1, -0.05) is 0 Å². The molecule has 0 unspecified atom stereocenters. The molecule has 0 aromatic carbocycles. The standard InChI is InChI=1S/C19H24N4O4/c20-15-4-3-13(10-21-15)16(24)22-7-5-19(6-8-22)9-14(18(26)27)23(11-19)17(25)12-1-2-12/h3-4,10,12,14H,1-2,5-9,11H2,(H2,20,21)(H,26,27)/t14-/m1/s1. The smallest absolute Gasteiger partial charge is 0.326 e. The number of piperidine rings is 1. The van der Waals surface area contributed by atoms with Crippen molar-refractivity contribution in [2.24, 2.45) is 11.3 Å². The molecule has 27 heavy (non-hydrogen) atoms. The maximum absolute atomic E-state index is 12.6. The van der Waals surface area contributed by atoms with Crippen LogP contribution in [0, 0.1) is 11.3 Å². The molecule has 0 bridgehead atoms. The fraction of sp³-hybridized carbons (Fsp3) is 0.579. The maximum atomic E-state index is 12.6. The summed E-state index contributed by atoms with van der Waals surface area (Å²) in [5.74, 6) is -0.633. The van der Waals surface area contributed by atoms with Crippen LogP contribution in [0.25, 0.3) is 0 Å². The highest BCUT2D eigenvalue weighted by molar-refractivity contribution is 5.94. The Morgan fingerprint density at radius 2 is 1.89 bits per heavy atom. The maximum Gasteiger partial charge on any atom is 0.326 e. The Bertz CT molecular complexity index is 766. The Hall–Kier alpha value is -2.64. The summed E-state index contributed by atoms with van der Waals surface area (Å²) in [6, 6.07) is 2.54. The van der Waals surface area contributed by atoms with Crippen molar-refractivity contribution in [2.75, 3.05) is 25.4 Å². The molecular weight excluding hydrogens is 348 g/mol. The molecule has 2 saturated heterocycles. The van der Waals surface area contributed by atoms with Gasteiger partial charge in [0.2, 0.25) is 5.91 Å². The number of carbonyl (C=O) groups is 3. The molecule has 1 saturated carbocycles. The summed E-state index contributed by atoms with van der Waals surface area (Å²) in [7, 11) is 0. The van der Waals surface area contributed by atoms with Gasteiger partial charge in [-0.15, -0.1) is 0 Å². The first-order chi connectivity index (χ1) is 12.9. The van der Waals surface area contributed by atoms with Crippen LogP contribution in [-0.4, -0.2) is 63.4 Å². The lowest BCUT2D eigenvalue weighted by molar-refractivity contribution is -0.148. The van der Waals surface area contributed by atoms with Gasteiger partial charge in [0.25, 0.3) is 5.91 Å². The van der Waals surface area contributed by atoms with Gasteiger partial charge in [0, 0.05) is 31.7 Å². The molecule has 3 fully saturated rings. The van der Waals surface area contributed by atoms with E-state index >= 15 is 0 Å². The number of pyridine rings is 1. The molecule has 2 amide bonds. The summed E-state index contributed by atoms with van der Waals surface area (Å²) in [5, 5.41) is 9.58. The Kier molecular flexibility index (Phi) is 4.28. The molecule has 1 aliphatic carbocycles. The minimum Gasteiger partial charge on any atom is -0.480 e.